The third kappa shape index (κ3) is 6.14. The van der Waals surface area contributed by atoms with E-state index in [1.165, 1.54) is 4.90 Å². The van der Waals surface area contributed by atoms with Crippen molar-refractivity contribution in [1.29, 1.82) is 0 Å². The van der Waals surface area contributed by atoms with Crippen LogP contribution in [0.2, 0.25) is 0 Å². The van der Waals surface area contributed by atoms with E-state index in [9.17, 15) is 18.0 Å². The van der Waals surface area contributed by atoms with Gasteiger partial charge in [-0.3, -0.25) is 9.59 Å². The Morgan fingerprint density at radius 1 is 1.30 bits per heavy atom. The lowest BCUT2D eigenvalue weighted by atomic mass is 10.1. The Labute approximate surface area is 176 Å². The van der Waals surface area contributed by atoms with Gasteiger partial charge in [-0.15, -0.1) is 0 Å². The maximum atomic E-state index is 13.2. The van der Waals surface area contributed by atoms with Gasteiger partial charge in [-0.05, 0) is 24.8 Å². The van der Waals surface area contributed by atoms with E-state index in [0.717, 1.165) is 17.5 Å². The lowest BCUT2D eigenvalue weighted by Gasteiger charge is -2.28. The van der Waals surface area contributed by atoms with E-state index in [-0.39, 0.29) is 18.2 Å². The molecule has 2 amide bonds. The molecule has 1 aromatic carbocycles. The van der Waals surface area contributed by atoms with Gasteiger partial charge in [0.15, 0.2) is 0 Å². The fraction of sp³-hybridized carbons (Fsp3) is 0.450. The van der Waals surface area contributed by atoms with Gasteiger partial charge in [0.25, 0.3) is 0 Å². The maximum Gasteiger partial charge on any atom is 0.242 e. The van der Waals surface area contributed by atoms with Crippen LogP contribution in [0.3, 0.4) is 0 Å². The molecule has 2 aromatic rings. The molecule has 3 N–H and O–H groups in total. The topological polar surface area (TPSA) is 124 Å². The number of nitrogens with zero attached hydrogens (tertiary/aromatic N) is 2. The number of benzene rings is 1. The van der Waals surface area contributed by atoms with Gasteiger partial charge in [-0.25, -0.2) is 18.1 Å². The summed E-state index contributed by atoms with van der Waals surface area (Å²) >= 11 is 0. The molecule has 0 bridgehead atoms. The van der Waals surface area contributed by atoms with Gasteiger partial charge in [-0.1, -0.05) is 30.3 Å². The van der Waals surface area contributed by atoms with E-state index in [2.05, 4.69) is 20.0 Å². The lowest BCUT2D eigenvalue weighted by Crippen LogP contribution is -2.54. The van der Waals surface area contributed by atoms with Gasteiger partial charge in [0.2, 0.25) is 21.8 Å². The van der Waals surface area contributed by atoms with Crippen LogP contribution in [0, 0.1) is 0 Å². The molecule has 2 heterocycles. The van der Waals surface area contributed by atoms with Crippen molar-refractivity contribution in [2.45, 2.75) is 37.8 Å². The van der Waals surface area contributed by atoms with Crippen LogP contribution in [0.4, 0.5) is 0 Å². The van der Waals surface area contributed by atoms with Gasteiger partial charge in [0.1, 0.15) is 12.1 Å². The molecule has 1 saturated heterocycles. The molecule has 0 radical (unpaired) electrons. The normalized spacial score (nSPS) is 17.6. The minimum absolute atomic E-state index is 0.220. The Hall–Kier alpha value is -2.72. The minimum atomic E-state index is -3.60. The summed E-state index contributed by atoms with van der Waals surface area (Å²) in [6, 6.07) is 7.65. The highest BCUT2D eigenvalue weighted by Gasteiger charge is 2.37. The quantitative estimate of drug-likeness (QED) is 0.522. The number of H-pyrrole nitrogens is 1. The summed E-state index contributed by atoms with van der Waals surface area (Å²) in [7, 11) is -3.60. The third-order valence-corrected chi connectivity index (χ3v) is 5.74. The van der Waals surface area contributed by atoms with E-state index >= 15 is 0 Å². The summed E-state index contributed by atoms with van der Waals surface area (Å²) < 4.78 is 26.1. The Morgan fingerprint density at radius 2 is 2.07 bits per heavy atom. The van der Waals surface area contributed by atoms with Gasteiger partial charge < -0.3 is 15.2 Å². The molecule has 1 aliphatic heterocycles. The zero-order valence-corrected chi connectivity index (χ0v) is 17.7. The number of hydrogen-bond acceptors (Lipinski definition) is 5. The monoisotopic (exact) mass is 433 g/mol. The Balaban J connectivity index is 1.66. The first-order chi connectivity index (χ1) is 14.3. The first-order valence-electron chi connectivity index (χ1n) is 9.90. The van der Waals surface area contributed by atoms with E-state index in [0.29, 0.717) is 32.4 Å². The van der Waals surface area contributed by atoms with Crippen molar-refractivity contribution in [3.63, 3.8) is 0 Å². The van der Waals surface area contributed by atoms with Crippen molar-refractivity contribution in [2.24, 2.45) is 0 Å². The van der Waals surface area contributed by atoms with Crippen molar-refractivity contribution in [2.75, 3.05) is 19.3 Å². The summed E-state index contributed by atoms with van der Waals surface area (Å²) in [5, 5.41) is 2.87. The van der Waals surface area contributed by atoms with Crippen molar-refractivity contribution in [1.82, 2.24) is 24.9 Å². The average Bonchev–Trinajstić information content (AvgIpc) is 3.38. The maximum absolute atomic E-state index is 13.2. The van der Waals surface area contributed by atoms with Crippen LogP contribution in [0.5, 0.6) is 0 Å². The second-order valence-electron chi connectivity index (χ2n) is 7.44. The second kappa shape index (κ2) is 9.86. The SMILES string of the molecule is CS(=O)(=O)N[C@H](Cc1ccccc1)C(=O)N1CCC[C@H]1C(=O)NCCc1cnc[nH]1. The highest BCUT2D eigenvalue weighted by molar-refractivity contribution is 7.88. The van der Waals surface area contributed by atoms with Crippen LogP contribution in [0.25, 0.3) is 0 Å². The number of carbonyl (C=O) groups is 2. The minimum Gasteiger partial charge on any atom is -0.354 e. The number of nitrogens with one attached hydrogen (secondary N) is 3. The molecule has 1 aromatic heterocycles. The van der Waals surface area contributed by atoms with E-state index in [1.54, 1.807) is 12.5 Å². The molecule has 1 fully saturated rings. The van der Waals surface area contributed by atoms with Crippen LogP contribution in [-0.4, -0.2) is 66.5 Å². The summed E-state index contributed by atoms with van der Waals surface area (Å²) in [6.45, 7) is 0.850. The fourth-order valence-electron chi connectivity index (χ4n) is 3.65. The molecule has 30 heavy (non-hydrogen) atoms. The predicted octanol–water partition coefficient (Wildman–Crippen LogP) is 0.220. The van der Waals surface area contributed by atoms with Crippen molar-refractivity contribution in [3.05, 3.63) is 54.1 Å². The second-order valence-corrected chi connectivity index (χ2v) is 9.22. The summed E-state index contributed by atoms with van der Waals surface area (Å²) in [5.41, 5.74) is 1.75. The van der Waals surface area contributed by atoms with Crippen molar-refractivity contribution < 1.29 is 18.0 Å². The predicted molar refractivity (Wildman–Crippen MR) is 112 cm³/mol. The molecule has 0 unspecified atom stereocenters. The number of carbonyl (C=O) groups excluding carboxylic acids is 2. The fourth-order valence-corrected chi connectivity index (χ4v) is 4.35. The van der Waals surface area contributed by atoms with Crippen LogP contribution >= 0.6 is 0 Å². The lowest BCUT2D eigenvalue weighted by molar-refractivity contribution is -0.139. The molecule has 10 heteroatoms. The highest BCUT2D eigenvalue weighted by Crippen LogP contribution is 2.20. The highest BCUT2D eigenvalue weighted by atomic mass is 32.2. The zero-order chi connectivity index (χ0) is 21.6. The Kier molecular flexibility index (Phi) is 7.22. The number of likely N-dealkylation sites (tertiary alicyclic amines) is 1. The molecule has 162 valence electrons. The number of sulfonamides is 1. The molecule has 0 saturated carbocycles. The molecular weight excluding hydrogens is 406 g/mol. The summed E-state index contributed by atoms with van der Waals surface area (Å²) in [4.78, 5) is 34.3. The van der Waals surface area contributed by atoms with Crippen LogP contribution < -0.4 is 10.0 Å². The zero-order valence-electron chi connectivity index (χ0n) is 16.9. The van der Waals surface area contributed by atoms with E-state index in [1.807, 2.05) is 30.3 Å². The number of aromatic amines is 1. The van der Waals surface area contributed by atoms with Crippen LogP contribution in [-0.2, 0) is 32.5 Å². The van der Waals surface area contributed by atoms with Crippen LogP contribution in [0.15, 0.2) is 42.9 Å². The van der Waals surface area contributed by atoms with E-state index in [4.69, 9.17) is 0 Å². The standard InChI is InChI=1S/C20H27N5O4S/c1-30(28,29)24-17(12-15-6-3-2-4-7-15)20(27)25-11-5-8-18(25)19(26)22-10-9-16-13-21-14-23-16/h2-4,6-7,13-14,17-18,24H,5,8-12H2,1H3,(H,21,23)(H,22,26)/t17-,18+/m1/s1. The van der Waals surface area contributed by atoms with E-state index < -0.39 is 22.1 Å². The van der Waals surface area contributed by atoms with Crippen LogP contribution in [0.1, 0.15) is 24.1 Å². The van der Waals surface area contributed by atoms with Gasteiger partial charge in [0, 0.05) is 31.4 Å². The number of hydrogen-bond donors (Lipinski definition) is 3. The third-order valence-electron chi connectivity index (χ3n) is 5.02. The molecule has 3 rings (SSSR count). The van der Waals surface area contributed by atoms with Gasteiger partial charge >= 0.3 is 0 Å². The summed E-state index contributed by atoms with van der Waals surface area (Å²) in [6.07, 6.45) is 6.39. The number of imidazole rings is 1. The largest absolute Gasteiger partial charge is 0.354 e. The molecule has 0 aliphatic carbocycles. The smallest absolute Gasteiger partial charge is 0.242 e. The number of amides is 2. The van der Waals surface area contributed by atoms with Gasteiger partial charge in [0.05, 0.1) is 12.6 Å². The summed E-state index contributed by atoms with van der Waals surface area (Å²) in [5.74, 6) is -0.603. The molecule has 2 atom stereocenters. The van der Waals surface area contributed by atoms with Crippen molar-refractivity contribution >= 4 is 21.8 Å². The molecule has 0 spiro atoms. The Bertz CT molecular complexity index is 947. The average molecular weight is 434 g/mol. The number of aromatic nitrogens is 2. The number of rotatable bonds is 9. The first kappa shape index (κ1) is 22.0. The Morgan fingerprint density at radius 3 is 2.73 bits per heavy atom. The first-order valence-corrected chi connectivity index (χ1v) is 11.8. The molecule has 1 aliphatic rings. The van der Waals surface area contributed by atoms with Crippen molar-refractivity contribution in [3.8, 4) is 0 Å². The van der Waals surface area contributed by atoms with Gasteiger partial charge in [-0.2, -0.15) is 0 Å². The molecular formula is C20H27N5O4S. The molecule has 9 nitrogen and oxygen atoms in total.